The molecule has 90 valence electrons. The van der Waals surface area contributed by atoms with Crippen LogP contribution in [0.5, 0.6) is 0 Å². The van der Waals surface area contributed by atoms with Gasteiger partial charge in [0.1, 0.15) is 0 Å². The molecular formula is C13H21BrN2. The molecule has 0 N–H and O–H groups in total. The predicted octanol–water partition coefficient (Wildman–Crippen LogP) is 4.11. The molecule has 2 nitrogen and oxygen atoms in total. The smallest absolute Gasteiger partial charge is 0.0592 e. The number of anilines is 1. The van der Waals surface area contributed by atoms with Gasteiger partial charge in [0, 0.05) is 25.5 Å². The average molecular weight is 285 g/mol. The monoisotopic (exact) mass is 284 g/mol. The van der Waals surface area contributed by atoms with Crippen LogP contribution in [-0.4, -0.2) is 18.1 Å². The molecule has 0 atom stereocenters. The summed E-state index contributed by atoms with van der Waals surface area (Å²) in [6.07, 6.45) is 6.21. The summed E-state index contributed by atoms with van der Waals surface area (Å²) in [5, 5.41) is 0. The SMILES string of the molecule is CCC(CC)CN(CC)c1ccncc1Br. The first-order valence-electron chi connectivity index (χ1n) is 6.07. The van der Waals surface area contributed by atoms with Crippen molar-refractivity contribution >= 4 is 21.6 Å². The van der Waals surface area contributed by atoms with Gasteiger partial charge in [0.2, 0.25) is 0 Å². The van der Waals surface area contributed by atoms with Crippen molar-refractivity contribution in [3.63, 3.8) is 0 Å². The lowest BCUT2D eigenvalue weighted by Crippen LogP contribution is -2.29. The third-order valence-corrected chi connectivity index (χ3v) is 3.72. The molecule has 3 heteroatoms. The molecule has 1 rings (SSSR count). The third-order valence-electron chi connectivity index (χ3n) is 3.11. The van der Waals surface area contributed by atoms with Crippen molar-refractivity contribution in [3.8, 4) is 0 Å². The summed E-state index contributed by atoms with van der Waals surface area (Å²) in [6, 6.07) is 2.08. The van der Waals surface area contributed by atoms with Crippen LogP contribution in [0.1, 0.15) is 33.6 Å². The molecule has 1 aromatic rings. The zero-order chi connectivity index (χ0) is 12.0. The van der Waals surface area contributed by atoms with Crippen LogP contribution in [0.15, 0.2) is 22.9 Å². The molecule has 0 unspecified atom stereocenters. The molecule has 0 aliphatic carbocycles. The summed E-state index contributed by atoms with van der Waals surface area (Å²) in [5.41, 5.74) is 1.25. The first-order valence-corrected chi connectivity index (χ1v) is 6.86. The van der Waals surface area contributed by atoms with E-state index < -0.39 is 0 Å². The molecule has 0 spiro atoms. The van der Waals surface area contributed by atoms with Gasteiger partial charge in [-0.05, 0) is 34.8 Å². The predicted molar refractivity (Wildman–Crippen MR) is 73.9 cm³/mol. The highest BCUT2D eigenvalue weighted by Gasteiger charge is 2.12. The quantitative estimate of drug-likeness (QED) is 0.782. The second-order valence-corrected chi connectivity index (χ2v) is 4.90. The Morgan fingerprint density at radius 2 is 2.00 bits per heavy atom. The molecule has 0 aliphatic heterocycles. The van der Waals surface area contributed by atoms with E-state index in [-0.39, 0.29) is 0 Å². The van der Waals surface area contributed by atoms with E-state index in [2.05, 4.69) is 52.7 Å². The number of pyridine rings is 1. The number of rotatable bonds is 6. The van der Waals surface area contributed by atoms with Crippen LogP contribution >= 0.6 is 15.9 Å². The standard InChI is InChI=1S/C13H21BrN2/c1-4-11(5-2)10-16(6-3)13-7-8-15-9-12(13)14/h7-9,11H,4-6,10H2,1-3H3. The summed E-state index contributed by atoms with van der Waals surface area (Å²) in [7, 11) is 0. The Balaban J connectivity index is 2.78. The molecular weight excluding hydrogens is 264 g/mol. The molecule has 1 heterocycles. The number of aromatic nitrogens is 1. The first-order chi connectivity index (χ1) is 7.72. The van der Waals surface area contributed by atoms with E-state index in [4.69, 9.17) is 0 Å². The van der Waals surface area contributed by atoms with E-state index in [0.29, 0.717) is 0 Å². The Hall–Kier alpha value is -0.570. The fraction of sp³-hybridized carbons (Fsp3) is 0.615. The van der Waals surface area contributed by atoms with Crippen LogP contribution in [0.25, 0.3) is 0 Å². The second kappa shape index (κ2) is 6.89. The highest BCUT2D eigenvalue weighted by Crippen LogP contribution is 2.26. The lowest BCUT2D eigenvalue weighted by Gasteiger charge is -2.28. The lowest BCUT2D eigenvalue weighted by atomic mass is 10.0. The summed E-state index contributed by atoms with van der Waals surface area (Å²) in [6.45, 7) is 8.91. The number of nitrogens with zero attached hydrogens (tertiary/aromatic N) is 2. The van der Waals surface area contributed by atoms with Crippen molar-refractivity contribution in [3.05, 3.63) is 22.9 Å². The van der Waals surface area contributed by atoms with Gasteiger partial charge in [-0.15, -0.1) is 0 Å². The van der Waals surface area contributed by atoms with Gasteiger partial charge in [0.15, 0.2) is 0 Å². The van der Waals surface area contributed by atoms with E-state index in [1.54, 1.807) is 0 Å². The van der Waals surface area contributed by atoms with Crippen LogP contribution in [0.3, 0.4) is 0 Å². The second-order valence-electron chi connectivity index (χ2n) is 4.05. The summed E-state index contributed by atoms with van der Waals surface area (Å²) in [4.78, 5) is 6.53. The maximum Gasteiger partial charge on any atom is 0.0592 e. The maximum absolute atomic E-state index is 4.11. The Morgan fingerprint density at radius 3 is 2.50 bits per heavy atom. The van der Waals surface area contributed by atoms with Crippen molar-refractivity contribution in [2.45, 2.75) is 33.6 Å². The minimum atomic E-state index is 0.778. The molecule has 0 saturated carbocycles. The number of hydrogen-bond acceptors (Lipinski definition) is 2. The van der Waals surface area contributed by atoms with Gasteiger partial charge < -0.3 is 4.90 Å². The lowest BCUT2D eigenvalue weighted by molar-refractivity contribution is 0.486. The topological polar surface area (TPSA) is 16.1 Å². The minimum absolute atomic E-state index is 0.778. The molecule has 0 bridgehead atoms. The molecule has 0 radical (unpaired) electrons. The van der Waals surface area contributed by atoms with Crippen LogP contribution in [0.2, 0.25) is 0 Å². The average Bonchev–Trinajstić information content (AvgIpc) is 2.32. The fourth-order valence-corrected chi connectivity index (χ4v) is 2.38. The van der Waals surface area contributed by atoms with Crippen LogP contribution in [0, 0.1) is 5.92 Å². The van der Waals surface area contributed by atoms with Gasteiger partial charge in [-0.3, -0.25) is 4.98 Å². The zero-order valence-electron chi connectivity index (χ0n) is 10.4. The largest absolute Gasteiger partial charge is 0.371 e. The Kier molecular flexibility index (Phi) is 5.81. The van der Waals surface area contributed by atoms with Gasteiger partial charge >= 0.3 is 0 Å². The van der Waals surface area contributed by atoms with Gasteiger partial charge in [0.05, 0.1) is 10.2 Å². The summed E-state index contributed by atoms with van der Waals surface area (Å²) < 4.78 is 1.09. The number of halogens is 1. The van der Waals surface area contributed by atoms with E-state index in [1.807, 2.05) is 12.4 Å². The molecule has 0 aliphatic rings. The highest BCUT2D eigenvalue weighted by molar-refractivity contribution is 9.10. The van der Waals surface area contributed by atoms with Crippen molar-refractivity contribution in [2.75, 3.05) is 18.0 Å². The molecule has 0 amide bonds. The number of hydrogen-bond donors (Lipinski definition) is 0. The van der Waals surface area contributed by atoms with Crippen LogP contribution in [-0.2, 0) is 0 Å². The van der Waals surface area contributed by atoms with Crippen molar-refractivity contribution in [1.29, 1.82) is 0 Å². The van der Waals surface area contributed by atoms with Gasteiger partial charge in [0.25, 0.3) is 0 Å². The summed E-state index contributed by atoms with van der Waals surface area (Å²) in [5.74, 6) is 0.778. The van der Waals surface area contributed by atoms with E-state index in [0.717, 1.165) is 23.5 Å². The molecule has 0 saturated heterocycles. The molecule has 16 heavy (non-hydrogen) atoms. The van der Waals surface area contributed by atoms with E-state index in [1.165, 1.54) is 18.5 Å². The third kappa shape index (κ3) is 3.48. The van der Waals surface area contributed by atoms with Gasteiger partial charge in [-0.25, -0.2) is 0 Å². The van der Waals surface area contributed by atoms with Gasteiger partial charge in [-0.1, -0.05) is 26.7 Å². The first kappa shape index (κ1) is 13.5. The molecule has 0 aromatic carbocycles. The van der Waals surface area contributed by atoms with Crippen molar-refractivity contribution < 1.29 is 0 Å². The maximum atomic E-state index is 4.11. The Morgan fingerprint density at radius 1 is 1.31 bits per heavy atom. The van der Waals surface area contributed by atoms with Crippen LogP contribution in [0.4, 0.5) is 5.69 Å². The minimum Gasteiger partial charge on any atom is -0.371 e. The summed E-state index contributed by atoms with van der Waals surface area (Å²) >= 11 is 3.57. The Bertz CT molecular complexity index is 311. The highest BCUT2D eigenvalue weighted by atomic mass is 79.9. The molecule has 1 aromatic heterocycles. The fourth-order valence-electron chi connectivity index (χ4n) is 1.88. The molecule has 0 fully saturated rings. The van der Waals surface area contributed by atoms with Gasteiger partial charge in [-0.2, -0.15) is 0 Å². The van der Waals surface area contributed by atoms with E-state index >= 15 is 0 Å². The van der Waals surface area contributed by atoms with Crippen molar-refractivity contribution in [2.24, 2.45) is 5.92 Å². The van der Waals surface area contributed by atoms with Crippen LogP contribution < -0.4 is 4.90 Å². The normalized spacial score (nSPS) is 10.8. The van der Waals surface area contributed by atoms with E-state index in [9.17, 15) is 0 Å². The Labute approximate surface area is 107 Å². The zero-order valence-corrected chi connectivity index (χ0v) is 12.0. The van der Waals surface area contributed by atoms with Crippen molar-refractivity contribution in [1.82, 2.24) is 4.98 Å².